The fraction of sp³-hybridized carbons (Fsp3) is 0.0833. The average Bonchev–Trinajstić information content (AvgIpc) is 2.60. The van der Waals surface area contributed by atoms with Gasteiger partial charge in [0, 0.05) is 21.8 Å². The maximum absolute atomic E-state index is 10.9. The van der Waals surface area contributed by atoms with Crippen molar-refractivity contribution in [2.24, 2.45) is 0 Å². The molecule has 1 aromatic heterocycles. The Kier molecular flexibility index (Phi) is 2.60. The molecule has 0 radical (unpaired) electrons. The van der Waals surface area contributed by atoms with Crippen molar-refractivity contribution in [2.75, 3.05) is 0 Å². The summed E-state index contributed by atoms with van der Waals surface area (Å²) < 4.78 is 0. The van der Waals surface area contributed by atoms with Crippen LogP contribution in [0.1, 0.15) is 16.2 Å². The van der Waals surface area contributed by atoms with Crippen LogP contribution >= 0.6 is 11.6 Å². The molecule has 0 unspecified atom stereocenters. The zero-order valence-corrected chi connectivity index (χ0v) is 9.01. The van der Waals surface area contributed by atoms with E-state index in [9.17, 15) is 4.79 Å². The molecule has 15 heavy (non-hydrogen) atoms. The number of nitrogens with one attached hydrogen (secondary N) is 1. The average molecular weight is 220 g/mol. The largest absolute Gasteiger partial charge is 0.356 e. The number of halogens is 1. The van der Waals surface area contributed by atoms with Crippen molar-refractivity contribution in [1.29, 1.82) is 0 Å². The summed E-state index contributed by atoms with van der Waals surface area (Å²) in [6, 6.07) is 9.40. The van der Waals surface area contributed by atoms with Gasteiger partial charge in [0.25, 0.3) is 0 Å². The maximum atomic E-state index is 10.9. The highest BCUT2D eigenvalue weighted by atomic mass is 35.5. The van der Waals surface area contributed by atoms with E-state index in [-0.39, 0.29) is 0 Å². The number of hydrogen-bond donors (Lipinski definition) is 1. The third-order valence-electron chi connectivity index (χ3n) is 2.26. The van der Waals surface area contributed by atoms with Crippen LogP contribution in [0.3, 0.4) is 0 Å². The van der Waals surface area contributed by atoms with Gasteiger partial charge < -0.3 is 4.98 Å². The van der Waals surface area contributed by atoms with E-state index in [1.54, 1.807) is 0 Å². The maximum Gasteiger partial charge on any atom is 0.166 e. The molecule has 2 rings (SSSR count). The van der Waals surface area contributed by atoms with Crippen LogP contribution in [-0.4, -0.2) is 11.3 Å². The van der Waals surface area contributed by atoms with E-state index in [0.717, 1.165) is 23.1 Å². The number of carbonyl (C=O) groups excluding carboxylic acids is 1. The Balaban J connectivity index is 2.63. The Bertz CT molecular complexity index is 502. The van der Waals surface area contributed by atoms with Crippen LogP contribution < -0.4 is 0 Å². The molecule has 2 aromatic rings. The Morgan fingerprint density at radius 3 is 2.67 bits per heavy atom. The quantitative estimate of drug-likeness (QED) is 0.771. The minimum Gasteiger partial charge on any atom is -0.356 e. The van der Waals surface area contributed by atoms with Gasteiger partial charge in [-0.05, 0) is 19.1 Å². The van der Waals surface area contributed by atoms with Crippen LogP contribution in [0, 0.1) is 6.92 Å². The third-order valence-corrected chi connectivity index (χ3v) is 2.59. The molecule has 0 atom stereocenters. The number of H-pyrrole nitrogens is 1. The highest BCUT2D eigenvalue weighted by Crippen LogP contribution is 2.30. The standard InChI is InChI=1S/C12H10ClNO/c1-8-6-10(12(7-15)14-8)9-4-2-3-5-11(9)13/h2-7,14H,1H3. The topological polar surface area (TPSA) is 32.9 Å². The van der Waals surface area contributed by atoms with Gasteiger partial charge in [0.1, 0.15) is 0 Å². The van der Waals surface area contributed by atoms with Crippen molar-refractivity contribution < 1.29 is 4.79 Å². The van der Waals surface area contributed by atoms with Gasteiger partial charge in [-0.2, -0.15) is 0 Å². The van der Waals surface area contributed by atoms with E-state index in [1.165, 1.54) is 0 Å². The van der Waals surface area contributed by atoms with Crippen molar-refractivity contribution in [3.05, 3.63) is 46.7 Å². The second kappa shape index (κ2) is 3.91. The van der Waals surface area contributed by atoms with Crippen LogP contribution in [0.2, 0.25) is 5.02 Å². The number of aromatic nitrogens is 1. The second-order valence-electron chi connectivity index (χ2n) is 3.38. The van der Waals surface area contributed by atoms with Gasteiger partial charge in [-0.1, -0.05) is 29.8 Å². The minimum absolute atomic E-state index is 0.570. The number of rotatable bonds is 2. The first-order valence-corrected chi connectivity index (χ1v) is 5.00. The van der Waals surface area contributed by atoms with Gasteiger partial charge in [0.15, 0.2) is 6.29 Å². The lowest BCUT2D eigenvalue weighted by Gasteiger charge is -2.01. The zero-order valence-electron chi connectivity index (χ0n) is 8.25. The van der Waals surface area contributed by atoms with Gasteiger partial charge in [-0.15, -0.1) is 0 Å². The lowest BCUT2D eigenvalue weighted by atomic mass is 10.1. The molecule has 2 nitrogen and oxygen atoms in total. The van der Waals surface area contributed by atoms with Crippen molar-refractivity contribution in [3.8, 4) is 11.1 Å². The smallest absolute Gasteiger partial charge is 0.166 e. The highest BCUT2D eigenvalue weighted by molar-refractivity contribution is 6.33. The molecule has 0 saturated heterocycles. The summed E-state index contributed by atoms with van der Waals surface area (Å²) in [6.07, 6.45) is 0.811. The molecule has 0 saturated carbocycles. The van der Waals surface area contributed by atoms with Crippen molar-refractivity contribution in [2.45, 2.75) is 6.92 Å². The summed E-state index contributed by atoms with van der Waals surface area (Å²) in [5.41, 5.74) is 3.26. The SMILES string of the molecule is Cc1cc(-c2ccccc2Cl)c(C=O)[nH]1. The molecule has 76 valence electrons. The number of aldehydes is 1. The molecule has 0 fully saturated rings. The fourth-order valence-electron chi connectivity index (χ4n) is 1.61. The van der Waals surface area contributed by atoms with Gasteiger partial charge in [0.05, 0.1) is 5.69 Å². The predicted molar refractivity (Wildman–Crippen MR) is 61.4 cm³/mol. The Labute approximate surface area is 92.9 Å². The summed E-state index contributed by atoms with van der Waals surface area (Å²) in [5, 5.41) is 0.652. The first kappa shape index (κ1) is 9.99. The van der Waals surface area contributed by atoms with E-state index in [4.69, 9.17) is 11.6 Å². The summed E-state index contributed by atoms with van der Waals surface area (Å²) in [7, 11) is 0. The van der Waals surface area contributed by atoms with Gasteiger partial charge in [0.2, 0.25) is 0 Å². The lowest BCUT2D eigenvalue weighted by molar-refractivity contribution is 0.112. The monoisotopic (exact) mass is 219 g/mol. The molecule has 0 aliphatic carbocycles. The van der Waals surface area contributed by atoms with Gasteiger partial charge in [-0.25, -0.2) is 0 Å². The summed E-state index contributed by atoms with van der Waals surface area (Å²) in [5.74, 6) is 0. The summed E-state index contributed by atoms with van der Waals surface area (Å²) in [4.78, 5) is 13.8. The first-order valence-electron chi connectivity index (χ1n) is 4.62. The van der Waals surface area contributed by atoms with Crippen LogP contribution in [0.4, 0.5) is 0 Å². The van der Waals surface area contributed by atoms with E-state index >= 15 is 0 Å². The van der Waals surface area contributed by atoms with Crippen LogP contribution in [0.15, 0.2) is 30.3 Å². The molecule has 1 N–H and O–H groups in total. The van der Waals surface area contributed by atoms with E-state index < -0.39 is 0 Å². The van der Waals surface area contributed by atoms with E-state index in [0.29, 0.717) is 10.7 Å². The molecule has 0 bridgehead atoms. The molecule has 3 heteroatoms. The van der Waals surface area contributed by atoms with Crippen LogP contribution in [0.25, 0.3) is 11.1 Å². The van der Waals surface area contributed by atoms with Gasteiger partial charge in [-0.3, -0.25) is 4.79 Å². The molecule has 1 aromatic carbocycles. The van der Waals surface area contributed by atoms with Gasteiger partial charge >= 0.3 is 0 Å². The van der Waals surface area contributed by atoms with Crippen LogP contribution in [-0.2, 0) is 0 Å². The molecular formula is C12H10ClNO. The van der Waals surface area contributed by atoms with E-state index in [2.05, 4.69) is 4.98 Å². The lowest BCUT2D eigenvalue weighted by Crippen LogP contribution is -1.84. The third kappa shape index (κ3) is 1.81. The van der Waals surface area contributed by atoms with Crippen LogP contribution in [0.5, 0.6) is 0 Å². The molecule has 0 spiro atoms. The molecule has 1 heterocycles. The molecule has 0 aliphatic rings. The fourth-order valence-corrected chi connectivity index (χ4v) is 1.84. The van der Waals surface area contributed by atoms with Crippen molar-refractivity contribution in [3.63, 3.8) is 0 Å². The van der Waals surface area contributed by atoms with E-state index in [1.807, 2.05) is 37.3 Å². The summed E-state index contributed by atoms with van der Waals surface area (Å²) in [6.45, 7) is 1.91. The Morgan fingerprint density at radius 1 is 1.27 bits per heavy atom. The summed E-state index contributed by atoms with van der Waals surface area (Å²) >= 11 is 6.07. The normalized spacial score (nSPS) is 10.3. The number of benzene rings is 1. The highest BCUT2D eigenvalue weighted by Gasteiger charge is 2.09. The molecule has 0 amide bonds. The first-order chi connectivity index (χ1) is 7.22. The number of aryl methyl sites for hydroxylation is 1. The minimum atomic E-state index is 0.570. The number of hydrogen-bond acceptors (Lipinski definition) is 1. The molecule has 0 aliphatic heterocycles. The predicted octanol–water partition coefficient (Wildman–Crippen LogP) is 3.46. The Morgan fingerprint density at radius 2 is 2.00 bits per heavy atom. The zero-order chi connectivity index (χ0) is 10.8. The Hall–Kier alpha value is -1.54. The second-order valence-corrected chi connectivity index (χ2v) is 3.78. The van der Waals surface area contributed by atoms with Crippen molar-refractivity contribution >= 4 is 17.9 Å². The molecular weight excluding hydrogens is 210 g/mol. The number of carbonyl (C=O) groups is 1. The number of aromatic amines is 1. The van der Waals surface area contributed by atoms with Crippen molar-refractivity contribution in [1.82, 2.24) is 4.98 Å².